The minimum Gasteiger partial charge on any atom is -0.399 e. The van der Waals surface area contributed by atoms with Gasteiger partial charge in [-0.2, -0.15) is 0 Å². The molecular weight excluding hydrogens is 114 g/mol. The number of aromatic nitrogens is 1. The van der Waals surface area contributed by atoms with Crippen molar-refractivity contribution in [2.75, 3.05) is 5.73 Å². The van der Waals surface area contributed by atoms with E-state index in [0.717, 1.165) is 0 Å². The van der Waals surface area contributed by atoms with Gasteiger partial charge >= 0.3 is 0 Å². The fourth-order valence-corrected chi connectivity index (χ4v) is 0.586. The number of hydrogen-bond donors (Lipinski definition) is 2. The molecule has 0 saturated carbocycles. The van der Waals surface area contributed by atoms with Gasteiger partial charge in [-0.25, -0.2) is 0 Å². The highest BCUT2D eigenvalue weighted by atomic mass is 14.9. The van der Waals surface area contributed by atoms with Crippen LogP contribution in [0.5, 0.6) is 0 Å². The third-order valence-electron chi connectivity index (χ3n) is 1.17. The number of nitrogens with zero attached hydrogens (tertiary/aromatic N) is 1. The molecule has 1 aromatic rings. The van der Waals surface area contributed by atoms with Crippen LogP contribution in [0.3, 0.4) is 0 Å². The number of anilines is 1. The van der Waals surface area contributed by atoms with Crippen molar-refractivity contribution in [2.24, 2.45) is 7.05 Å². The monoisotopic (exact) mass is 123 g/mol. The van der Waals surface area contributed by atoms with E-state index < -0.39 is 0 Å². The van der Waals surface area contributed by atoms with Gasteiger partial charge in [0.25, 0.3) is 0 Å². The molecule has 0 spiro atoms. The predicted octanol–water partition coefficient (Wildman–Crippen LogP) is 0.0868. The average molecular weight is 123 g/mol. The molecule has 1 aromatic heterocycles. The van der Waals surface area contributed by atoms with E-state index in [1.165, 1.54) is 0 Å². The Hall–Kier alpha value is -1.25. The minimum absolute atomic E-state index is 0.426. The summed E-state index contributed by atoms with van der Waals surface area (Å²) in [6, 6.07) is 3.37. The zero-order valence-electron chi connectivity index (χ0n) is 5.26. The smallest absolute Gasteiger partial charge is 0.126 e. The van der Waals surface area contributed by atoms with E-state index >= 15 is 0 Å². The van der Waals surface area contributed by atoms with Crippen molar-refractivity contribution in [3.05, 3.63) is 23.8 Å². The zero-order valence-corrected chi connectivity index (χ0v) is 5.26. The van der Waals surface area contributed by atoms with E-state index in [1.54, 1.807) is 22.9 Å². The molecule has 3 N–H and O–H groups in total. The minimum atomic E-state index is 0.426. The summed E-state index contributed by atoms with van der Waals surface area (Å²) < 4.78 is 1.69. The highest BCUT2D eigenvalue weighted by molar-refractivity contribution is 5.33. The molecule has 9 heavy (non-hydrogen) atoms. The van der Waals surface area contributed by atoms with E-state index in [1.807, 2.05) is 7.05 Å². The Morgan fingerprint density at radius 3 is 2.78 bits per heavy atom. The predicted molar refractivity (Wildman–Crippen MR) is 35.7 cm³/mol. The normalized spacial score (nSPS) is 9.44. The first kappa shape index (κ1) is 5.88. The van der Waals surface area contributed by atoms with Crippen molar-refractivity contribution >= 4 is 5.69 Å². The molecule has 3 nitrogen and oxygen atoms in total. The van der Waals surface area contributed by atoms with Crippen LogP contribution >= 0.6 is 0 Å². The van der Waals surface area contributed by atoms with Gasteiger partial charge in [-0.1, -0.05) is 0 Å². The van der Waals surface area contributed by atoms with Gasteiger partial charge < -0.3 is 10.3 Å². The molecule has 0 aliphatic carbocycles. The number of rotatable bonds is 0. The molecule has 48 valence electrons. The van der Waals surface area contributed by atoms with E-state index in [4.69, 9.17) is 11.1 Å². The second kappa shape index (κ2) is 1.93. The van der Waals surface area contributed by atoms with Crippen LogP contribution in [0.2, 0.25) is 0 Å². The summed E-state index contributed by atoms with van der Waals surface area (Å²) in [5, 5.41) is 7.24. The van der Waals surface area contributed by atoms with Gasteiger partial charge in [0.2, 0.25) is 0 Å². The second-order valence-electron chi connectivity index (χ2n) is 1.96. The van der Waals surface area contributed by atoms with Crippen LogP contribution in [0.4, 0.5) is 5.69 Å². The van der Waals surface area contributed by atoms with Crippen LogP contribution in [-0.4, -0.2) is 4.57 Å². The Morgan fingerprint density at radius 2 is 2.33 bits per heavy atom. The van der Waals surface area contributed by atoms with Crippen LogP contribution < -0.4 is 11.2 Å². The van der Waals surface area contributed by atoms with Crippen molar-refractivity contribution in [3.8, 4) is 0 Å². The molecule has 0 atom stereocenters. The fraction of sp³-hybridized carbons (Fsp3) is 0.167. The summed E-state index contributed by atoms with van der Waals surface area (Å²) in [7, 11) is 1.81. The summed E-state index contributed by atoms with van der Waals surface area (Å²) in [6.07, 6.45) is 1.76. The number of hydrogen-bond acceptors (Lipinski definition) is 2. The summed E-state index contributed by atoms with van der Waals surface area (Å²) in [5.41, 5.74) is 6.46. The third-order valence-corrected chi connectivity index (χ3v) is 1.17. The first-order valence-electron chi connectivity index (χ1n) is 2.67. The van der Waals surface area contributed by atoms with Gasteiger partial charge in [-0.15, -0.1) is 0 Å². The molecule has 0 saturated heterocycles. The van der Waals surface area contributed by atoms with E-state index in [-0.39, 0.29) is 0 Å². The summed E-state index contributed by atoms with van der Waals surface area (Å²) >= 11 is 0. The maximum atomic E-state index is 7.24. The van der Waals surface area contributed by atoms with Crippen LogP contribution in [0, 0.1) is 5.41 Å². The van der Waals surface area contributed by atoms with Gasteiger partial charge in [0.05, 0.1) is 0 Å². The molecule has 0 bridgehead atoms. The molecule has 0 unspecified atom stereocenters. The maximum Gasteiger partial charge on any atom is 0.126 e. The Kier molecular flexibility index (Phi) is 1.26. The van der Waals surface area contributed by atoms with Gasteiger partial charge in [0, 0.05) is 25.0 Å². The molecule has 0 aromatic carbocycles. The SMILES string of the molecule is Cn1ccc(N)cc1=N. The van der Waals surface area contributed by atoms with E-state index in [0.29, 0.717) is 11.2 Å². The first-order chi connectivity index (χ1) is 4.20. The van der Waals surface area contributed by atoms with Gasteiger partial charge in [-0.3, -0.25) is 5.41 Å². The number of nitrogens with two attached hydrogens (primary N) is 1. The number of pyridine rings is 1. The maximum absolute atomic E-state index is 7.24. The standard InChI is InChI=1S/C6H9N3/c1-9-3-2-5(7)4-6(9)8/h2-4,8H,7H2,1H3. The van der Waals surface area contributed by atoms with Crippen LogP contribution in [-0.2, 0) is 7.05 Å². The summed E-state index contributed by atoms with van der Waals surface area (Å²) in [6.45, 7) is 0. The molecular formula is C6H9N3. The number of nitrogens with one attached hydrogen (secondary N) is 1. The van der Waals surface area contributed by atoms with Crippen molar-refractivity contribution in [1.82, 2.24) is 4.57 Å². The average Bonchev–Trinajstić information content (AvgIpc) is 1.80. The van der Waals surface area contributed by atoms with Crippen LogP contribution in [0.25, 0.3) is 0 Å². The summed E-state index contributed by atoms with van der Waals surface area (Å²) in [4.78, 5) is 0. The van der Waals surface area contributed by atoms with Crippen LogP contribution in [0.1, 0.15) is 0 Å². The Bertz CT molecular complexity index is 261. The lowest BCUT2D eigenvalue weighted by Gasteiger charge is -1.96. The van der Waals surface area contributed by atoms with Crippen molar-refractivity contribution < 1.29 is 0 Å². The van der Waals surface area contributed by atoms with Gasteiger partial charge in [-0.05, 0) is 6.07 Å². The molecule has 0 radical (unpaired) electrons. The highest BCUT2D eigenvalue weighted by Crippen LogP contribution is 1.91. The van der Waals surface area contributed by atoms with Crippen molar-refractivity contribution in [2.45, 2.75) is 0 Å². The molecule has 0 aliphatic rings. The Balaban J connectivity index is 3.34. The summed E-state index contributed by atoms with van der Waals surface area (Å²) in [5.74, 6) is 0. The lowest BCUT2D eigenvalue weighted by Crippen LogP contribution is -2.14. The third kappa shape index (κ3) is 1.10. The quantitative estimate of drug-likeness (QED) is 0.504. The van der Waals surface area contributed by atoms with Gasteiger partial charge in [0.1, 0.15) is 5.49 Å². The topological polar surface area (TPSA) is 54.8 Å². The number of aryl methyl sites for hydroxylation is 1. The van der Waals surface area contributed by atoms with Crippen LogP contribution in [0.15, 0.2) is 18.3 Å². The molecule has 0 aliphatic heterocycles. The van der Waals surface area contributed by atoms with Crippen molar-refractivity contribution in [3.63, 3.8) is 0 Å². The molecule has 3 heteroatoms. The molecule has 1 heterocycles. The highest BCUT2D eigenvalue weighted by Gasteiger charge is 1.83. The lowest BCUT2D eigenvalue weighted by molar-refractivity contribution is 0.818. The Labute approximate surface area is 53.3 Å². The molecule has 0 amide bonds. The number of nitrogen functional groups attached to an aromatic ring is 1. The molecule has 0 fully saturated rings. The van der Waals surface area contributed by atoms with E-state index in [9.17, 15) is 0 Å². The first-order valence-corrected chi connectivity index (χ1v) is 2.67. The lowest BCUT2D eigenvalue weighted by atomic mass is 10.4. The van der Waals surface area contributed by atoms with E-state index in [2.05, 4.69) is 0 Å². The molecule has 1 rings (SSSR count). The largest absolute Gasteiger partial charge is 0.399 e. The zero-order chi connectivity index (χ0) is 6.85. The fourth-order valence-electron chi connectivity index (χ4n) is 0.586. The van der Waals surface area contributed by atoms with Gasteiger partial charge in [0.15, 0.2) is 0 Å². The Morgan fingerprint density at radius 1 is 1.67 bits per heavy atom. The second-order valence-corrected chi connectivity index (χ2v) is 1.96. The van der Waals surface area contributed by atoms with Crippen molar-refractivity contribution in [1.29, 1.82) is 5.41 Å².